The molecule has 2 aromatic rings. The van der Waals surface area contributed by atoms with E-state index in [9.17, 15) is 5.26 Å². The molecule has 2 fully saturated rings. The SMILES string of the molecule is Cc1ccc(Nc2ncc(C)c(NC[C@@H]3CCCN4CCCC[C@H]34)n2)cc1C#N. The lowest BCUT2D eigenvalue weighted by atomic mass is 9.83. The van der Waals surface area contributed by atoms with Crippen molar-refractivity contribution in [2.75, 3.05) is 30.3 Å². The maximum atomic E-state index is 9.24. The fourth-order valence-electron chi connectivity index (χ4n) is 4.67. The second kappa shape index (κ2) is 8.79. The first-order valence-electron chi connectivity index (χ1n) is 10.7. The highest BCUT2D eigenvalue weighted by Crippen LogP contribution is 2.31. The molecule has 0 saturated carbocycles. The third-order valence-electron chi connectivity index (χ3n) is 6.35. The Morgan fingerprint density at radius 3 is 2.86 bits per heavy atom. The van der Waals surface area contributed by atoms with E-state index >= 15 is 0 Å². The fraction of sp³-hybridized carbons (Fsp3) is 0.522. The van der Waals surface area contributed by atoms with Crippen molar-refractivity contribution >= 4 is 17.5 Å². The van der Waals surface area contributed by atoms with Crippen molar-refractivity contribution in [3.8, 4) is 6.07 Å². The van der Waals surface area contributed by atoms with Gasteiger partial charge in [-0.2, -0.15) is 10.2 Å². The second-order valence-corrected chi connectivity index (χ2v) is 8.37. The van der Waals surface area contributed by atoms with Gasteiger partial charge >= 0.3 is 0 Å². The van der Waals surface area contributed by atoms with E-state index in [1.807, 2.05) is 38.2 Å². The Bertz CT molecular complexity index is 901. The predicted octanol–water partition coefficient (Wildman–Crippen LogP) is 4.39. The molecule has 6 nitrogen and oxygen atoms in total. The number of aryl methyl sites for hydroxylation is 2. The summed E-state index contributed by atoms with van der Waals surface area (Å²) < 4.78 is 0. The molecule has 0 spiro atoms. The van der Waals surface area contributed by atoms with Gasteiger partial charge in [-0.05, 0) is 76.2 Å². The zero-order valence-corrected chi connectivity index (χ0v) is 17.4. The summed E-state index contributed by atoms with van der Waals surface area (Å²) in [4.78, 5) is 11.8. The number of benzene rings is 1. The van der Waals surface area contributed by atoms with Crippen LogP contribution >= 0.6 is 0 Å². The minimum Gasteiger partial charge on any atom is -0.369 e. The van der Waals surface area contributed by atoms with Gasteiger partial charge in [-0.3, -0.25) is 0 Å². The molecule has 29 heavy (non-hydrogen) atoms. The van der Waals surface area contributed by atoms with Gasteiger partial charge < -0.3 is 15.5 Å². The number of aromatic nitrogens is 2. The molecule has 2 saturated heterocycles. The molecule has 1 aromatic heterocycles. The molecule has 0 radical (unpaired) electrons. The van der Waals surface area contributed by atoms with E-state index in [0.717, 1.165) is 35.2 Å². The van der Waals surface area contributed by atoms with Crippen LogP contribution in [0.25, 0.3) is 0 Å². The molecule has 2 N–H and O–H groups in total. The standard InChI is InChI=1S/C23H30N6/c1-16-8-9-20(12-19(16)13-24)27-23-26-14-17(2)22(28-23)25-15-18-6-5-11-29-10-4-3-7-21(18)29/h8-9,12,14,18,21H,3-7,10-11,15H2,1-2H3,(H2,25,26,27,28)/t18-,21+/m0/s1. The third kappa shape index (κ3) is 4.51. The van der Waals surface area contributed by atoms with Gasteiger partial charge in [-0.1, -0.05) is 12.5 Å². The minimum absolute atomic E-state index is 0.550. The summed E-state index contributed by atoms with van der Waals surface area (Å²) in [5.74, 6) is 2.13. The largest absolute Gasteiger partial charge is 0.369 e. The molecular formula is C23H30N6. The lowest BCUT2D eigenvalue weighted by Crippen LogP contribution is -2.49. The average Bonchev–Trinajstić information content (AvgIpc) is 2.75. The first-order chi connectivity index (χ1) is 14.1. The van der Waals surface area contributed by atoms with E-state index in [1.54, 1.807) is 0 Å². The Labute approximate surface area is 173 Å². The third-order valence-corrected chi connectivity index (χ3v) is 6.35. The fourth-order valence-corrected chi connectivity index (χ4v) is 4.67. The van der Waals surface area contributed by atoms with E-state index in [0.29, 0.717) is 17.4 Å². The smallest absolute Gasteiger partial charge is 0.229 e. The topological polar surface area (TPSA) is 76.9 Å². The molecular weight excluding hydrogens is 360 g/mol. The van der Waals surface area contributed by atoms with Gasteiger partial charge in [0.25, 0.3) is 0 Å². The molecule has 152 valence electrons. The molecule has 0 bridgehead atoms. The van der Waals surface area contributed by atoms with Crippen LogP contribution in [0.2, 0.25) is 0 Å². The van der Waals surface area contributed by atoms with E-state index in [2.05, 4.69) is 26.6 Å². The van der Waals surface area contributed by atoms with Crippen LogP contribution in [0.3, 0.4) is 0 Å². The number of fused-ring (bicyclic) bond motifs is 1. The number of hydrogen-bond donors (Lipinski definition) is 2. The van der Waals surface area contributed by atoms with Crippen LogP contribution in [0, 0.1) is 31.1 Å². The molecule has 3 heterocycles. The Morgan fingerprint density at radius 1 is 1.14 bits per heavy atom. The van der Waals surface area contributed by atoms with Gasteiger partial charge in [0.1, 0.15) is 5.82 Å². The summed E-state index contributed by atoms with van der Waals surface area (Å²) in [6, 6.07) is 8.67. The van der Waals surface area contributed by atoms with Crippen LogP contribution in [0.5, 0.6) is 0 Å². The van der Waals surface area contributed by atoms with E-state index in [4.69, 9.17) is 4.98 Å². The van der Waals surface area contributed by atoms with Gasteiger partial charge in [-0.25, -0.2) is 4.98 Å². The molecule has 2 atom stereocenters. The molecule has 2 aliphatic rings. The molecule has 6 heteroatoms. The monoisotopic (exact) mass is 390 g/mol. The summed E-state index contributed by atoms with van der Waals surface area (Å²) in [6.45, 7) is 7.47. The summed E-state index contributed by atoms with van der Waals surface area (Å²) in [5, 5.41) is 16.1. The van der Waals surface area contributed by atoms with Gasteiger partial charge in [-0.15, -0.1) is 0 Å². The number of nitriles is 1. The van der Waals surface area contributed by atoms with Gasteiger partial charge in [0.05, 0.1) is 11.6 Å². The Kier molecular flexibility index (Phi) is 5.96. The molecule has 4 rings (SSSR count). The average molecular weight is 391 g/mol. The highest BCUT2D eigenvalue weighted by molar-refractivity contribution is 5.59. The quantitative estimate of drug-likeness (QED) is 0.789. The Balaban J connectivity index is 1.44. The van der Waals surface area contributed by atoms with Crippen LogP contribution in [-0.4, -0.2) is 40.5 Å². The number of piperidine rings is 2. The highest BCUT2D eigenvalue weighted by Gasteiger charge is 2.32. The van der Waals surface area contributed by atoms with Crippen LogP contribution < -0.4 is 10.6 Å². The first-order valence-corrected chi connectivity index (χ1v) is 10.7. The Morgan fingerprint density at radius 2 is 2.00 bits per heavy atom. The first kappa shape index (κ1) is 19.7. The summed E-state index contributed by atoms with van der Waals surface area (Å²) in [5.41, 5.74) is 3.50. The normalized spacial score (nSPS) is 21.8. The van der Waals surface area contributed by atoms with Crippen molar-refractivity contribution in [3.05, 3.63) is 41.1 Å². The van der Waals surface area contributed by atoms with Crippen molar-refractivity contribution in [2.24, 2.45) is 5.92 Å². The van der Waals surface area contributed by atoms with Gasteiger partial charge in [0.2, 0.25) is 5.95 Å². The predicted molar refractivity (Wildman–Crippen MR) is 116 cm³/mol. The van der Waals surface area contributed by atoms with Crippen molar-refractivity contribution in [2.45, 2.75) is 52.0 Å². The van der Waals surface area contributed by atoms with Crippen molar-refractivity contribution in [1.82, 2.24) is 14.9 Å². The van der Waals surface area contributed by atoms with Gasteiger partial charge in [0.15, 0.2) is 0 Å². The molecule has 0 unspecified atom stereocenters. The summed E-state index contributed by atoms with van der Waals surface area (Å²) in [7, 11) is 0. The van der Waals surface area contributed by atoms with Crippen molar-refractivity contribution in [3.63, 3.8) is 0 Å². The van der Waals surface area contributed by atoms with E-state index < -0.39 is 0 Å². The number of hydrogen-bond acceptors (Lipinski definition) is 6. The van der Waals surface area contributed by atoms with Crippen LogP contribution in [-0.2, 0) is 0 Å². The maximum Gasteiger partial charge on any atom is 0.229 e. The number of nitrogens with zero attached hydrogens (tertiary/aromatic N) is 4. The second-order valence-electron chi connectivity index (χ2n) is 8.37. The zero-order chi connectivity index (χ0) is 20.2. The molecule has 0 aliphatic carbocycles. The zero-order valence-electron chi connectivity index (χ0n) is 17.4. The molecule has 2 aliphatic heterocycles. The summed E-state index contributed by atoms with van der Waals surface area (Å²) >= 11 is 0. The Hall–Kier alpha value is -2.65. The number of anilines is 3. The van der Waals surface area contributed by atoms with Crippen LogP contribution in [0.1, 0.15) is 48.8 Å². The minimum atomic E-state index is 0.550. The maximum absolute atomic E-state index is 9.24. The lowest BCUT2D eigenvalue weighted by Gasteiger charge is -2.44. The van der Waals surface area contributed by atoms with Crippen LogP contribution in [0.15, 0.2) is 24.4 Å². The number of rotatable bonds is 5. The van der Waals surface area contributed by atoms with E-state index in [-0.39, 0.29) is 0 Å². The van der Waals surface area contributed by atoms with Crippen LogP contribution in [0.4, 0.5) is 17.5 Å². The molecule has 0 amide bonds. The highest BCUT2D eigenvalue weighted by atomic mass is 15.2. The van der Waals surface area contributed by atoms with E-state index in [1.165, 1.54) is 45.2 Å². The molecule has 1 aromatic carbocycles. The van der Waals surface area contributed by atoms with Crippen molar-refractivity contribution < 1.29 is 0 Å². The lowest BCUT2D eigenvalue weighted by molar-refractivity contribution is 0.0649. The van der Waals surface area contributed by atoms with Gasteiger partial charge in [0, 0.05) is 30.0 Å². The number of nitrogens with one attached hydrogen (secondary N) is 2. The summed E-state index contributed by atoms with van der Waals surface area (Å²) in [6.07, 6.45) is 8.49. The van der Waals surface area contributed by atoms with Crippen molar-refractivity contribution in [1.29, 1.82) is 5.26 Å².